The number of hydrogen-bond donors (Lipinski definition) is 1. The molecule has 0 heterocycles. The smallest absolute Gasteiger partial charge is 0.337 e. The standard InChI is InChI=1S/C16H14O5S/c1-20-13-9-11(15(17)18)5-8-14(13)22-12-6-3-10(4-7-12)16(19)21-2/h3-9H,1-2H3,(H,17,18). The van der Waals surface area contributed by atoms with E-state index in [1.165, 1.54) is 38.1 Å². The summed E-state index contributed by atoms with van der Waals surface area (Å²) in [4.78, 5) is 24.0. The zero-order valence-corrected chi connectivity index (χ0v) is 12.8. The Kier molecular flexibility index (Phi) is 5.06. The molecular formula is C16H14O5S. The van der Waals surface area contributed by atoms with Crippen LogP contribution >= 0.6 is 11.8 Å². The summed E-state index contributed by atoms with van der Waals surface area (Å²) in [7, 11) is 2.82. The third kappa shape index (κ3) is 3.59. The van der Waals surface area contributed by atoms with Gasteiger partial charge in [0, 0.05) is 4.90 Å². The molecule has 0 spiro atoms. The van der Waals surface area contributed by atoms with Crippen LogP contribution in [0.2, 0.25) is 0 Å². The van der Waals surface area contributed by atoms with Crippen molar-refractivity contribution >= 4 is 23.7 Å². The van der Waals surface area contributed by atoms with Gasteiger partial charge in [0.25, 0.3) is 0 Å². The summed E-state index contributed by atoms with van der Waals surface area (Å²) in [6, 6.07) is 11.6. The van der Waals surface area contributed by atoms with Crippen LogP contribution in [0.3, 0.4) is 0 Å². The molecule has 0 bridgehead atoms. The van der Waals surface area contributed by atoms with E-state index in [0.717, 1.165) is 9.79 Å². The van der Waals surface area contributed by atoms with Gasteiger partial charge >= 0.3 is 11.9 Å². The van der Waals surface area contributed by atoms with Gasteiger partial charge in [0.2, 0.25) is 0 Å². The van der Waals surface area contributed by atoms with Crippen LogP contribution in [-0.2, 0) is 4.74 Å². The Bertz CT molecular complexity index is 694. The van der Waals surface area contributed by atoms with Crippen LogP contribution in [-0.4, -0.2) is 31.3 Å². The predicted molar refractivity (Wildman–Crippen MR) is 81.9 cm³/mol. The van der Waals surface area contributed by atoms with Crippen molar-refractivity contribution in [1.82, 2.24) is 0 Å². The van der Waals surface area contributed by atoms with Crippen LogP contribution < -0.4 is 4.74 Å². The van der Waals surface area contributed by atoms with E-state index in [2.05, 4.69) is 4.74 Å². The minimum Gasteiger partial charge on any atom is -0.496 e. The minimum atomic E-state index is -1.00. The molecular weight excluding hydrogens is 304 g/mol. The largest absolute Gasteiger partial charge is 0.496 e. The van der Waals surface area contributed by atoms with Crippen molar-refractivity contribution in [3.05, 3.63) is 53.6 Å². The van der Waals surface area contributed by atoms with Crippen molar-refractivity contribution < 1.29 is 24.2 Å². The summed E-state index contributed by atoms with van der Waals surface area (Å²) in [5, 5.41) is 8.99. The van der Waals surface area contributed by atoms with Gasteiger partial charge in [0.1, 0.15) is 5.75 Å². The van der Waals surface area contributed by atoms with E-state index in [-0.39, 0.29) is 11.5 Å². The fourth-order valence-corrected chi connectivity index (χ4v) is 2.69. The lowest BCUT2D eigenvalue weighted by Crippen LogP contribution is -2.00. The second-order valence-corrected chi connectivity index (χ2v) is 5.40. The monoisotopic (exact) mass is 318 g/mol. The van der Waals surface area contributed by atoms with Crippen LogP contribution in [0.4, 0.5) is 0 Å². The van der Waals surface area contributed by atoms with Gasteiger partial charge in [-0.15, -0.1) is 0 Å². The summed E-state index contributed by atoms with van der Waals surface area (Å²) in [6.07, 6.45) is 0. The maximum absolute atomic E-state index is 11.4. The van der Waals surface area contributed by atoms with Gasteiger partial charge in [-0.05, 0) is 42.5 Å². The third-order valence-corrected chi connectivity index (χ3v) is 3.98. The van der Waals surface area contributed by atoms with Crippen LogP contribution in [0.5, 0.6) is 5.75 Å². The van der Waals surface area contributed by atoms with Crippen molar-refractivity contribution in [2.45, 2.75) is 9.79 Å². The quantitative estimate of drug-likeness (QED) is 0.853. The second-order valence-electron chi connectivity index (χ2n) is 4.29. The average Bonchev–Trinajstić information content (AvgIpc) is 2.55. The molecule has 0 fully saturated rings. The van der Waals surface area contributed by atoms with E-state index < -0.39 is 5.97 Å². The molecule has 0 saturated carbocycles. The van der Waals surface area contributed by atoms with Crippen molar-refractivity contribution in [1.29, 1.82) is 0 Å². The van der Waals surface area contributed by atoms with Crippen LogP contribution in [0, 0.1) is 0 Å². The van der Waals surface area contributed by atoms with Gasteiger partial charge in [-0.25, -0.2) is 9.59 Å². The Morgan fingerprint density at radius 3 is 2.18 bits per heavy atom. The molecule has 0 aliphatic rings. The number of carbonyl (C=O) groups excluding carboxylic acids is 1. The second kappa shape index (κ2) is 7.00. The fourth-order valence-electron chi connectivity index (χ4n) is 1.79. The molecule has 0 aliphatic heterocycles. The van der Waals surface area contributed by atoms with Crippen molar-refractivity contribution in [2.24, 2.45) is 0 Å². The molecule has 2 rings (SSSR count). The minimum absolute atomic E-state index is 0.169. The molecule has 22 heavy (non-hydrogen) atoms. The Hall–Kier alpha value is -2.47. The lowest BCUT2D eigenvalue weighted by molar-refractivity contribution is 0.0599. The Morgan fingerprint density at radius 2 is 1.64 bits per heavy atom. The Morgan fingerprint density at radius 1 is 1.00 bits per heavy atom. The first-order chi connectivity index (χ1) is 10.5. The number of carboxylic acids is 1. The maximum atomic E-state index is 11.4. The number of rotatable bonds is 5. The molecule has 0 aromatic heterocycles. The molecule has 114 valence electrons. The molecule has 0 atom stereocenters. The van der Waals surface area contributed by atoms with Gasteiger partial charge < -0.3 is 14.6 Å². The predicted octanol–water partition coefficient (Wildman–Crippen LogP) is 3.33. The Labute approximate surface area is 131 Å². The molecule has 2 aromatic rings. The van der Waals surface area contributed by atoms with E-state index in [4.69, 9.17) is 9.84 Å². The van der Waals surface area contributed by atoms with Gasteiger partial charge in [-0.2, -0.15) is 0 Å². The van der Waals surface area contributed by atoms with Gasteiger partial charge in [-0.3, -0.25) is 0 Å². The topological polar surface area (TPSA) is 72.8 Å². The first-order valence-corrected chi connectivity index (χ1v) is 7.14. The lowest BCUT2D eigenvalue weighted by Gasteiger charge is -2.09. The number of esters is 1. The first-order valence-electron chi connectivity index (χ1n) is 6.32. The van der Waals surface area contributed by atoms with Crippen molar-refractivity contribution in [3.63, 3.8) is 0 Å². The van der Waals surface area contributed by atoms with Crippen LogP contribution in [0.25, 0.3) is 0 Å². The zero-order chi connectivity index (χ0) is 16.1. The summed E-state index contributed by atoms with van der Waals surface area (Å²) in [5.74, 6) is -0.904. The van der Waals surface area contributed by atoms with Gasteiger partial charge in [0.15, 0.2) is 0 Å². The Balaban J connectivity index is 2.23. The summed E-state index contributed by atoms with van der Waals surface area (Å²) in [5.41, 5.74) is 0.641. The molecule has 0 radical (unpaired) electrons. The van der Waals surface area contributed by atoms with E-state index in [1.54, 1.807) is 30.3 Å². The first kappa shape index (κ1) is 15.9. The molecule has 5 nitrogen and oxygen atoms in total. The average molecular weight is 318 g/mol. The van der Waals surface area contributed by atoms with E-state index in [9.17, 15) is 9.59 Å². The summed E-state index contributed by atoms with van der Waals surface area (Å²) >= 11 is 1.42. The normalized spacial score (nSPS) is 10.1. The SMILES string of the molecule is COC(=O)c1ccc(Sc2ccc(C(=O)O)cc2OC)cc1. The molecule has 2 aromatic carbocycles. The number of methoxy groups -OCH3 is 2. The molecule has 0 saturated heterocycles. The van der Waals surface area contributed by atoms with E-state index in [0.29, 0.717) is 11.3 Å². The number of ether oxygens (including phenoxy) is 2. The summed E-state index contributed by atoms with van der Waals surface area (Å²) < 4.78 is 9.87. The number of carbonyl (C=O) groups is 2. The van der Waals surface area contributed by atoms with Crippen LogP contribution in [0.1, 0.15) is 20.7 Å². The van der Waals surface area contributed by atoms with Crippen LogP contribution in [0.15, 0.2) is 52.3 Å². The highest BCUT2D eigenvalue weighted by atomic mass is 32.2. The molecule has 6 heteroatoms. The number of benzene rings is 2. The molecule has 0 amide bonds. The highest BCUT2D eigenvalue weighted by Gasteiger charge is 2.11. The van der Waals surface area contributed by atoms with E-state index >= 15 is 0 Å². The molecule has 1 N–H and O–H groups in total. The third-order valence-electron chi connectivity index (χ3n) is 2.91. The highest BCUT2D eigenvalue weighted by molar-refractivity contribution is 7.99. The summed E-state index contributed by atoms with van der Waals surface area (Å²) in [6.45, 7) is 0. The van der Waals surface area contributed by atoms with Gasteiger partial charge in [0.05, 0.1) is 30.2 Å². The van der Waals surface area contributed by atoms with Crippen molar-refractivity contribution in [2.75, 3.05) is 14.2 Å². The highest BCUT2D eigenvalue weighted by Crippen LogP contribution is 2.35. The zero-order valence-electron chi connectivity index (χ0n) is 12.0. The number of hydrogen-bond acceptors (Lipinski definition) is 5. The number of carboxylic acid groups (broad SMARTS) is 1. The fraction of sp³-hybridized carbons (Fsp3) is 0.125. The van der Waals surface area contributed by atoms with E-state index in [1.807, 2.05) is 0 Å². The lowest BCUT2D eigenvalue weighted by atomic mass is 10.2. The molecule has 0 unspecified atom stereocenters. The van der Waals surface area contributed by atoms with Gasteiger partial charge in [-0.1, -0.05) is 11.8 Å². The number of aromatic carboxylic acids is 1. The molecule has 0 aliphatic carbocycles. The van der Waals surface area contributed by atoms with Crippen molar-refractivity contribution in [3.8, 4) is 5.75 Å². The maximum Gasteiger partial charge on any atom is 0.337 e.